The van der Waals surface area contributed by atoms with Gasteiger partial charge in [-0.15, -0.1) is 0 Å². The van der Waals surface area contributed by atoms with E-state index in [-0.39, 0.29) is 0 Å². The van der Waals surface area contributed by atoms with E-state index in [1.807, 2.05) is 0 Å². The molecular weight excluding hydrogens is 172 g/mol. The molecule has 3 N–H and O–H groups in total. The maximum Gasteiger partial charge on any atom is 0.0198 e. The van der Waals surface area contributed by atoms with Crippen molar-refractivity contribution in [1.29, 1.82) is 0 Å². The number of rotatable bonds is 7. The van der Waals surface area contributed by atoms with Gasteiger partial charge in [0.25, 0.3) is 0 Å². The van der Waals surface area contributed by atoms with Gasteiger partial charge in [0.15, 0.2) is 0 Å². The summed E-state index contributed by atoms with van der Waals surface area (Å²) in [5, 5.41) is 3.40. The van der Waals surface area contributed by atoms with Crippen LogP contribution in [0.15, 0.2) is 0 Å². The van der Waals surface area contributed by atoms with E-state index in [0.29, 0.717) is 11.3 Å². The highest BCUT2D eigenvalue weighted by atomic mass is 15.1. The maximum atomic E-state index is 5.64. The van der Waals surface area contributed by atoms with Gasteiger partial charge in [-0.1, -0.05) is 27.2 Å². The van der Waals surface area contributed by atoms with E-state index in [0.717, 1.165) is 12.6 Å². The van der Waals surface area contributed by atoms with Gasteiger partial charge in [-0.25, -0.2) is 0 Å². The molecule has 3 unspecified atom stereocenters. The minimum absolute atomic E-state index is 0.539. The molecule has 0 saturated carbocycles. The number of nitrogens with one attached hydrogen (secondary N) is 1. The van der Waals surface area contributed by atoms with Crippen molar-refractivity contribution in [2.75, 3.05) is 13.1 Å². The van der Waals surface area contributed by atoms with Crippen molar-refractivity contribution in [2.24, 2.45) is 17.1 Å². The minimum atomic E-state index is 0.539. The predicted molar refractivity (Wildman–Crippen MR) is 62.3 cm³/mol. The Kier molecular flexibility index (Phi) is 4.39. The van der Waals surface area contributed by atoms with Crippen LogP contribution in [0.2, 0.25) is 0 Å². The first-order valence-electron chi connectivity index (χ1n) is 6.03. The van der Waals surface area contributed by atoms with Gasteiger partial charge >= 0.3 is 0 Å². The third kappa shape index (κ3) is 3.97. The molecule has 0 aromatic heterocycles. The number of hydrogen-bond acceptors (Lipinski definition) is 2. The zero-order chi connectivity index (χ0) is 10.6. The quantitative estimate of drug-likeness (QED) is 0.616. The molecule has 1 aliphatic rings. The third-order valence-electron chi connectivity index (χ3n) is 3.73. The monoisotopic (exact) mass is 198 g/mol. The first-order chi connectivity index (χ1) is 6.59. The summed E-state index contributed by atoms with van der Waals surface area (Å²) in [4.78, 5) is 0. The number of hydrogen-bond donors (Lipinski definition) is 2. The topological polar surface area (TPSA) is 48.0 Å². The van der Waals surface area contributed by atoms with E-state index in [2.05, 4.69) is 26.1 Å². The molecule has 0 aliphatic carbocycles. The van der Waals surface area contributed by atoms with Crippen LogP contribution in [0.5, 0.6) is 0 Å². The molecular formula is C12H26N2. The average molecular weight is 198 g/mol. The first-order valence-corrected chi connectivity index (χ1v) is 6.03. The lowest BCUT2D eigenvalue weighted by Gasteiger charge is -2.29. The van der Waals surface area contributed by atoms with E-state index in [9.17, 15) is 0 Å². The molecule has 0 aromatic rings. The summed E-state index contributed by atoms with van der Waals surface area (Å²) in [5.41, 5.74) is 6.18. The van der Waals surface area contributed by atoms with Crippen LogP contribution in [0, 0.1) is 11.3 Å². The molecule has 84 valence electrons. The van der Waals surface area contributed by atoms with Gasteiger partial charge in [-0.05, 0) is 37.1 Å². The standard InChI is InChI=1S/C12H26N2/c1-4-12(3,7-11-9-14-11)6-5-10(2)8-13/h10-11,14H,4-9,13H2,1-3H3. The van der Waals surface area contributed by atoms with Crippen LogP contribution < -0.4 is 11.1 Å². The van der Waals surface area contributed by atoms with Crippen LogP contribution in [0.25, 0.3) is 0 Å². The highest BCUT2D eigenvalue weighted by molar-refractivity contribution is 4.90. The van der Waals surface area contributed by atoms with Crippen LogP contribution >= 0.6 is 0 Å². The van der Waals surface area contributed by atoms with Gasteiger partial charge in [0.1, 0.15) is 0 Å². The lowest BCUT2D eigenvalue weighted by Crippen LogP contribution is -2.21. The van der Waals surface area contributed by atoms with E-state index in [1.165, 1.54) is 32.2 Å². The second kappa shape index (κ2) is 5.13. The van der Waals surface area contributed by atoms with E-state index in [4.69, 9.17) is 5.73 Å². The van der Waals surface area contributed by atoms with Gasteiger partial charge in [0, 0.05) is 12.6 Å². The first kappa shape index (κ1) is 12.0. The predicted octanol–water partition coefficient (Wildman–Crippen LogP) is 2.14. The van der Waals surface area contributed by atoms with Crippen molar-refractivity contribution < 1.29 is 0 Å². The molecule has 2 nitrogen and oxygen atoms in total. The highest BCUT2D eigenvalue weighted by Crippen LogP contribution is 2.35. The zero-order valence-corrected chi connectivity index (χ0v) is 9.97. The van der Waals surface area contributed by atoms with Crippen molar-refractivity contribution in [3.8, 4) is 0 Å². The van der Waals surface area contributed by atoms with Gasteiger partial charge in [0.2, 0.25) is 0 Å². The summed E-state index contributed by atoms with van der Waals surface area (Å²) in [6.45, 7) is 9.07. The molecule has 14 heavy (non-hydrogen) atoms. The molecule has 1 fully saturated rings. The van der Waals surface area contributed by atoms with Gasteiger partial charge in [-0.3, -0.25) is 0 Å². The Bertz CT molecular complexity index is 166. The lowest BCUT2D eigenvalue weighted by molar-refractivity contribution is 0.238. The van der Waals surface area contributed by atoms with Crippen LogP contribution in [0.1, 0.15) is 46.5 Å². The Balaban J connectivity index is 2.27. The van der Waals surface area contributed by atoms with Crippen molar-refractivity contribution in [2.45, 2.75) is 52.5 Å². The summed E-state index contributed by atoms with van der Waals surface area (Å²) in [6, 6.07) is 0.813. The summed E-state index contributed by atoms with van der Waals surface area (Å²) in [7, 11) is 0. The van der Waals surface area contributed by atoms with E-state index < -0.39 is 0 Å². The molecule has 0 spiro atoms. The molecule has 1 heterocycles. The third-order valence-corrected chi connectivity index (χ3v) is 3.73. The SMILES string of the molecule is CCC(C)(CCC(C)CN)CC1CN1. The second-order valence-corrected chi connectivity index (χ2v) is 5.35. The maximum absolute atomic E-state index is 5.64. The molecule has 0 amide bonds. The van der Waals surface area contributed by atoms with Crippen LogP contribution in [0.4, 0.5) is 0 Å². The summed E-state index contributed by atoms with van der Waals surface area (Å²) in [6.07, 6.45) is 5.26. The fraction of sp³-hybridized carbons (Fsp3) is 1.00. The summed E-state index contributed by atoms with van der Waals surface area (Å²) in [5.74, 6) is 0.688. The van der Waals surface area contributed by atoms with Crippen LogP contribution in [-0.4, -0.2) is 19.1 Å². The Labute approximate surface area is 88.6 Å². The van der Waals surface area contributed by atoms with Crippen LogP contribution in [-0.2, 0) is 0 Å². The van der Waals surface area contributed by atoms with E-state index >= 15 is 0 Å². The van der Waals surface area contributed by atoms with Gasteiger partial charge < -0.3 is 11.1 Å². The molecule has 3 atom stereocenters. The van der Waals surface area contributed by atoms with Gasteiger partial charge in [0.05, 0.1) is 0 Å². The summed E-state index contributed by atoms with van der Waals surface area (Å²) >= 11 is 0. The van der Waals surface area contributed by atoms with Gasteiger partial charge in [-0.2, -0.15) is 0 Å². The zero-order valence-electron chi connectivity index (χ0n) is 9.97. The van der Waals surface area contributed by atoms with Crippen molar-refractivity contribution in [3.05, 3.63) is 0 Å². The normalized spacial score (nSPS) is 27.0. The minimum Gasteiger partial charge on any atom is -0.330 e. The molecule has 1 aliphatic heterocycles. The Morgan fingerprint density at radius 1 is 1.57 bits per heavy atom. The molecule has 0 aromatic carbocycles. The molecule has 1 saturated heterocycles. The largest absolute Gasteiger partial charge is 0.330 e. The average Bonchev–Trinajstić information content (AvgIpc) is 2.98. The van der Waals surface area contributed by atoms with E-state index in [1.54, 1.807) is 0 Å². The van der Waals surface area contributed by atoms with Crippen molar-refractivity contribution >= 4 is 0 Å². The molecule has 0 bridgehead atoms. The molecule has 0 radical (unpaired) electrons. The second-order valence-electron chi connectivity index (χ2n) is 5.35. The Morgan fingerprint density at radius 2 is 2.21 bits per heavy atom. The highest BCUT2D eigenvalue weighted by Gasteiger charge is 2.31. The fourth-order valence-corrected chi connectivity index (χ4v) is 1.96. The Hall–Kier alpha value is -0.0800. The Morgan fingerprint density at radius 3 is 2.64 bits per heavy atom. The van der Waals surface area contributed by atoms with Crippen molar-refractivity contribution in [1.82, 2.24) is 5.32 Å². The molecule has 2 heteroatoms. The lowest BCUT2D eigenvalue weighted by atomic mass is 9.77. The number of nitrogens with two attached hydrogens (primary N) is 1. The van der Waals surface area contributed by atoms with Crippen molar-refractivity contribution in [3.63, 3.8) is 0 Å². The van der Waals surface area contributed by atoms with Crippen LogP contribution in [0.3, 0.4) is 0 Å². The smallest absolute Gasteiger partial charge is 0.0198 e. The fourth-order valence-electron chi connectivity index (χ4n) is 1.96. The summed E-state index contributed by atoms with van der Waals surface area (Å²) < 4.78 is 0. The molecule has 1 rings (SSSR count).